The molecule has 120 valence electrons. The number of aryl methyl sites for hydroxylation is 1. The van der Waals surface area contributed by atoms with Crippen LogP contribution >= 0.6 is 0 Å². The molecule has 0 radical (unpaired) electrons. The van der Waals surface area contributed by atoms with Crippen LogP contribution in [0.15, 0.2) is 10.6 Å². The van der Waals surface area contributed by atoms with Gasteiger partial charge in [-0.05, 0) is 13.3 Å². The largest absolute Gasteiger partial charge is 0.385 e. The number of anilines is 1. The van der Waals surface area contributed by atoms with Gasteiger partial charge in [-0.25, -0.2) is 12.7 Å². The highest BCUT2D eigenvalue weighted by Crippen LogP contribution is 2.08. The van der Waals surface area contributed by atoms with Crippen molar-refractivity contribution in [2.45, 2.75) is 19.8 Å². The summed E-state index contributed by atoms with van der Waals surface area (Å²) in [5.41, 5.74) is 0. The molecule has 0 unspecified atom stereocenters. The molecule has 1 aromatic heterocycles. The number of methoxy groups -OCH3 is 1. The Bertz CT molecular complexity index is 555. The normalized spacial score (nSPS) is 11.8. The van der Waals surface area contributed by atoms with E-state index in [1.54, 1.807) is 20.1 Å². The first-order chi connectivity index (χ1) is 9.82. The standard InChI is InChI=1S/C12H21N3O5S/c1-10-9-11(14-20-10)13-12(16)5-7-15(21(3,17)18)6-4-8-19-2/h9H,4-8H2,1-3H3,(H,13,14,16). The van der Waals surface area contributed by atoms with Crippen LogP contribution in [0.2, 0.25) is 0 Å². The Morgan fingerprint density at radius 2 is 2.19 bits per heavy atom. The monoisotopic (exact) mass is 319 g/mol. The van der Waals surface area contributed by atoms with Crippen molar-refractivity contribution in [2.24, 2.45) is 0 Å². The Hall–Kier alpha value is -1.45. The lowest BCUT2D eigenvalue weighted by atomic mass is 10.3. The van der Waals surface area contributed by atoms with Gasteiger partial charge in [-0.15, -0.1) is 0 Å². The minimum Gasteiger partial charge on any atom is -0.385 e. The number of nitrogens with one attached hydrogen (secondary N) is 1. The van der Waals surface area contributed by atoms with Gasteiger partial charge in [-0.3, -0.25) is 4.79 Å². The molecule has 1 aromatic rings. The van der Waals surface area contributed by atoms with Crippen LogP contribution in [0.1, 0.15) is 18.6 Å². The molecule has 21 heavy (non-hydrogen) atoms. The molecule has 0 saturated heterocycles. The SMILES string of the molecule is COCCCN(CCC(=O)Nc1cc(C)on1)S(C)(=O)=O. The predicted octanol–water partition coefficient (Wildman–Crippen LogP) is 0.610. The van der Waals surface area contributed by atoms with Gasteiger partial charge in [-0.1, -0.05) is 5.16 Å². The molecule has 0 aliphatic rings. The molecular weight excluding hydrogens is 298 g/mol. The van der Waals surface area contributed by atoms with E-state index in [0.29, 0.717) is 31.2 Å². The Morgan fingerprint density at radius 1 is 1.48 bits per heavy atom. The molecule has 0 aliphatic carbocycles. The molecule has 1 rings (SSSR count). The third kappa shape index (κ3) is 6.69. The quantitative estimate of drug-likeness (QED) is 0.669. The molecule has 0 fully saturated rings. The summed E-state index contributed by atoms with van der Waals surface area (Å²) in [6.07, 6.45) is 1.75. The van der Waals surface area contributed by atoms with Crippen LogP contribution in [-0.4, -0.2) is 56.8 Å². The van der Waals surface area contributed by atoms with Crippen molar-refractivity contribution in [1.29, 1.82) is 0 Å². The summed E-state index contributed by atoms with van der Waals surface area (Å²) in [5.74, 6) is 0.592. The molecule has 0 aromatic carbocycles. The van der Waals surface area contributed by atoms with E-state index in [1.807, 2.05) is 0 Å². The fourth-order valence-corrected chi connectivity index (χ4v) is 2.57. The average Bonchev–Trinajstić information content (AvgIpc) is 2.77. The number of sulfonamides is 1. The number of aromatic nitrogens is 1. The van der Waals surface area contributed by atoms with Gasteiger partial charge >= 0.3 is 0 Å². The molecule has 0 aliphatic heterocycles. The first-order valence-electron chi connectivity index (χ1n) is 6.50. The molecule has 1 amide bonds. The van der Waals surface area contributed by atoms with Gasteiger partial charge < -0.3 is 14.6 Å². The second kappa shape index (κ2) is 8.11. The summed E-state index contributed by atoms with van der Waals surface area (Å²) >= 11 is 0. The molecule has 1 heterocycles. The van der Waals surface area contributed by atoms with Crippen LogP contribution in [0.25, 0.3) is 0 Å². The van der Waals surface area contributed by atoms with E-state index < -0.39 is 10.0 Å². The minimum atomic E-state index is -3.35. The third-order valence-corrected chi connectivity index (χ3v) is 4.01. The number of carbonyl (C=O) groups excluding carboxylic acids is 1. The molecule has 9 heteroatoms. The Kier molecular flexibility index (Phi) is 6.79. The third-order valence-electron chi connectivity index (χ3n) is 2.71. The lowest BCUT2D eigenvalue weighted by Gasteiger charge is -2.19. The van der Waals surface area contributed by atoms with Crippen molar-refractivity contribution >= 4 is 21.7 Å². The molecule has 0 atom stereocenters. The number of carbonyl (C=O) groups is 1. The Labute approximate surface area is 124 Å². The van der Waals surface area contributed by atoms with Gasteiger partial charge in [0.25, 0.3) is 0 Å². The fraction of sp³-hybridized carbons (Fsp3) is 0.667. The summed E-state index contributed by atoms with van der Waals surface area (Å²) in [6.45, 7) is 2.62. The van der Waals surface area contributed by atoms with Gasteiger partial charge in [0.05, 0.1) is 6.26 Å². The van der Waals surface area contributed by atoms with Crippen molar-refractivity contribution in [3.05, 3.63) is 11.8 Å². The van der Waals surface area contributed by atoms with Crippen LogP contribution in [0, 0.1) is 6.92 Å². The smallest absolute Gasteiger partial charge is 0.226 e. The van der Waals surface area contributed by atoms with Gasteiger partial charge in [0.1, 0.15) is 5.76 Å². The highest BCUT2D eigenvalue weighted by molar-refractivity contribution is 7.88. The number of hydrogen-bond acceptors (Lipinski definition) is 6. The molecule has 1 N–H and O–H groups in total. The Morgan fingerprint density at radius 3 is 2.71 bits per heavy atom. The maximum Gasteiger partial charge on any atom is 0.226 e. The number of amides is 1. The summed E-state index contributed by atoms with van der Waals surface area (Å²) in [5, 5.41) is 6.18. The zero-order chi connectivity index (χ0) is 15.9. The van der Waals surface area contributed by atoms with Gasteiger partial charge in [0.2, 0.25) is 15.9 Å². The molecule has 0 saturated carbocycles. The highest BCUT2D eigenvalue weighted by Gasteiger charge is 2.17. The maximum absolute atomic E-state index is 11.7. The molecule has 8 nitrogen and oxygen atoms in total. The van der Waals surface area contributed by atoms with E-state index in [0.717, 1.165) is 6.26 Å². The second-order valence-corrected chi connectivity index (χ2v) is 6.61. The zero-order valence-electron chi connectivity index (χ0n) is 12.5. The predicted molar refractivity (Wildman–Crippen MR) is 77.4 cm³/mol. The van der Waals surface area contributed by atoms with Gasteiger partial charge in [-0.2, -0.15) is 0 Å². The van der Waals surface area contributed by atoms with Gasteiger partial charge in [0, 0.05) is 39.3 Å². The van der Waals surface area contributed by atoms with Crippen LogP contribution in [0.3, 0.4) is 0 Å². The first-order valence-corrected chi connectivity index (χ1v) is 8.35. The van der Waals surface area contributed by atoms with Crippen molar-refractivity contribution < 1.29 is 22.5 Å². The van der Waals surface area contributed by atoms with E-state index in [-0.39, 0.29) is 18.9 Å². The van der Waals surface area contributed by atoms with Crippen LogP contribution in [0.5, 0.6) is 0 Å². The summed E-state index contributed by atoms with van der Waals surface area (Å²) < 4.78 is 34.2. The second-order valence-electron chi connectivity index (χ2n) is 4.63. The van der Waals surface area contributed by atoms with Crippen LogP contribution < -0.4 is 5.32 Å². The van der Waals surface area contributed by atoms with Crippen molar-refractivity contribution in [3.63, 3.8) is 0 Å². The molecule has 0 spiro atoms. The van der Waals surface area contributed by atoms with Crippen LogP contribution in [-0.2, 0) is 19.6 Å². The molecule has 0 bridgehead atoms. The first kappa shape index (κ1) is 17.6. The van der Waals surface area contributed by atoms with E-state index in [4.69, 9.17) is 9.26 Å². The van der Waals surface area contributed by atoms with Gasteiger partial charge in [0.15, 0.2) is 5.82 Å². The van der Waals surface area contributed by atoms with E-state index >= 15 is 0 Å². The zero-order valence-corrected chi connectivity index (χ0v) is 13.3. The maximum atomic E-state index is 11.7. The lowest BCUT2D eigenvalue weighted by molar-refractivity contribution is -0.116. The Balaban J connectivity index is 2.46. The molecular formula is C12H21N3O5S. The number of hydrogen-bond donors (Lipinski definition) is 1. The lowest BCUT2D eigenvalue weighted by Crippen LogP contribution is -2.34. The summed E-state index contributed by atoms with van der Waals surface area (Å²) in [7, 11) is -1.79. The van der Waals surface area contributed by atoms with Crippen molar-refractivity contribution in [1.82, 2.24) is 9.46 Å². The number of rotatable bonds is 9. The summed E-state index contributed by atoms with van der Waals surface area (Å²) in [6, 6.07) is 1.59. The van der Waals surface area contributed by atoms with Crippen molar-refractivity contribution in [2.75, 3.05) is 38.4 Å². The number of ether oxygens (including phenoxy) is 1. The topological polar surface area (TPSA) is 102 Å². The van der Waals surface area contributed by atoms with E-state index in [1.165, 1.54) is 4.31 Å². The van der Waals surface area contributed by atoms with Crippen molar-refractivity contribution in [3.8, 4) is 0 Å². The summed E-state index contributed by atoms with van der Waals surface area (Å²) in [4.78, 5) is 11.7. The average molecular weight is 319 g/mol. The van der Waals surface area contributed by atoms with Crippen LogP contribution in [0.4, 0.5) is 5.82 Å². The van der Waals surface area contributed by atoms with E-state index in [9.17, 15) is 13.2 Å². The fourth-order valence-electron chi connectivity index (χ4n) is 1.69. The minimum absolute atomic E-state index is 0.0476. The highest BCUT2D eigenvalue weighted by atomic mass is 32.2. The van der Waals surface area contributed by atoms with E-state index in [2.05, 4.69) is 10.5 Å². The number of nitrogens with zero attached hydrogens (tertiary/aromatic N) is 2.